The smallest absolute Gasteiger partial charge is 0.475 e. The van der Waals surface area contributed by atoms with Crippen LogP contribution in [-0.4, -0.2) is 60.7 Å². The van der Waals surface area contributed by atoms with Crippen molar-refractivity contribution in [2.75, 3.05) is 24.4 Å². The van der Waals surface area contributed by atoms with Crippen molar-refractivity contribution in [2.24, 2.45) is 0 Å². The van der Waals surface area contributed by atoms with E-state index in [2.05, 4.69) is 14.9 Å². The largest absolute Gasteiger partial charge is 0.490 e. The third kappa shape index (κ3) is 6.14. The number of anilines is 1. The first kappa shape index (κ1) is 27.1. The molecule has 2 N–H and O–H groups in total. The molecule has 5 rings (SSSR count). The van der Waals surface area contributed by atoms with Gasteiger partial charge in [-0.1, -0.05) is 18.2 Å². The fraction of sp³-hybridized carbons (Fsp3) is 0.304. The van der Waals surface area contributed by atoms with Crippen LogP contribution in [0.15, 0.2) is 52.2 Å². The number of halogens is 3. The molecule has 198 valence electrons. The molecule has 0 unspecified atom stereocenters. The van der Waals surface area contributed by atoms with E-state index in [1.54, 1.807) is 35.9 Å². The lowest BCUT2D eigenvalue weighted by Gasteiger charge is -2.19. The van der Waals surface area contributed by atoms with Crippen LogP contribution < -0.4 is 4.31 Å². The second kappa shape index (κ2) is 10.8. The number of nitrogens with zero attached hydrogens (tertiary/aromatic N) is 3. The fourth-order valence-corrected chi connectivity index (χ4v) is 7.15. The van der Waals surface area contributed by atoms with Crippen LogP contribution >= 0.6 is 22.7 Å². The van der Waals surface area contributed by atoms with Crippen molar-refractivity contribution < 1.29 is 31.5 Å². The third-order valence-corrected chi connectivity index (χ3v) is 9.85. The van der Waals surface area contributed by atoms with Crippen LogP contribution in [0.25, 0.3) is 21.6 Å². The lowest BCUT2D eigenvalue weighted by atomic mass is 10.2. The highest BCUT2D eigenvalue weighted by Gasteiger charge is 2.38. The zero-order valence-electron chi connectivity index (χ0n) is 19.5. The van der Waals surface area contributed by atoms with Crippen LogP contribution in [0.5, 0.6) is 0 Å². The Labute approximate surface area is 219 Å². The highest BCUT2D eigenvalue weighted by molar-refractivity contribution is 7.94. The molecule has 37 heavy (non-hydrogen) atoms. The summed E-state index contributed by atoms with van der Waals surface area (Å²) in [4.78, 5) is 20.6. The minimum absolute atomic E-state index is 0.334. The van der Waals surface area contributed by atoms with Gasteiger partial charge in [-0.3, -0.25) is 9.21 Å². The van der Waals surface area contributed by atoms with E-state index < -0.39 is 22.2 Å². The molecule has 4 aromatic rings. The molecule has 14 heteroatoms. The summed E-state index contributed by atoms with van der Waals surface area (Å²) in [5.41, 5.74) is 2.34. The lowest BCUT2D eigenvalue weighted by Crippen LogP contribution is -2.26. The second-order valence-corrected chi connectivity index (χ2v) is 12.5. The minimum atomic E-state index is -5.08. The summed E-state index contributed by atoms with van der Waals surface area (Å²) in [6.07, 6.45) is -0.575. The Balaban J connectivity index is 0.000000405. The topological polar surface area (TPSA) is 107 Å². The number of alkyl halides is 3. The highest BCUT2D eigenvalue weighted by atomic mass is 32.2. The van der Waals surface area contributed by atoms with Gasteiger partial charge in [0.1, 0.15) is 9.22 Å². The van der Waals surface area contributed by atoms with E-state index >= 15 is 0 Å². The van der Waals surface area contributed by atoms with E-state index in [9.17, 15) is 21.6 Å². The summed E-state index contributed by atoms with van der Waals surface area (Å²) in [6.45, 7) is 3.27. The van der Waals surface area contributed by atoms with Crippen molar-refractivity contribution in [2.45, 2.75) is 29.8 Å². The van der Waals surface area contributed by atoms with Crippen LogP contribution in [0.3, 0.4) is 0 Å². The number of carbonyl (C=O) groups is 1. The van der Waals surface area contributed by atoms with Crippen molar-refractivity contribution in [3.05, 3.63) is 52.9 Å². The SMILES string of the molecule is CN(c1cccc2cc(-c3ncc(CN4CCCC4)s3)[nH]c12)S(=O)(=O)c1cccs1.O=C(O)C(F)(F)F. The molecule has 1 aliphatic heterocycles. The van der Waals surface area contributed by atoms with Gasteiger partial charge >= 0.3 is 12.1 Å². The average molecular weight is 573 g/mol. The Morgan fingerprint density at radius 3 is 2.54 bits per heavy atom. The number of hydrogen-bond acceptors (Lipinski definition) is 7. The number of rotatable bonds is 6. The quantitative estimate of drug-likeness (QED) is 0.320. The van der Waals surface area contributed by atoms with Gasteiger partial charge < -0.3 is 10.1 Å². The first-order valence-corrected chi connectivity index (χ1v) is 14.2. The van der Waals surface area contributed by atoms with Crippen molar-refractivity contribution in [1.82, 2.24) is 14.9 Å². The maximum Gasteiger partial charge on any atom is 0.490 e. The first-order chi connectivity index (χ1) is 17.5. The molecule has 1 aliphatic rings. The summed E-state index contributed by atoms with van der Waals surface area (Å²) in [5.74, 6) is -2.76. The number of H-pyrrole nitrogens is 1. The predicted octanol–water partition coefficient (Wildman–Crippen LogP) is 5.41. The average Bonchev–Trinajstić information content (AvgIpc) is 3.65. The molecule has 1 saturated heterocycles. The number of carboxylic acids is 1. The van der Waals surface area contributed by atoms with Gasteiger partial charge in [0.25, 0.3) is 10.0 Å². The molecule has 0 atom stereocenters. The standard InChI is InChI=1S/C21H22N4O2S3.C2HF3O2/c1-24(30(26,27)19-8-5-11-28-19)18-7-4-6-15-12-17(23-20(15)18)21-22-13-16(29-21)14-25-9-2-3-10-25;3-2(4,5)1(6)7/h4-8,11-13,23H,2-3,9-10,14H2,1H3;(H,6,7). The Morgan fingerprint density at radius 2 is 1.92 bits per heavy atom. The van der Waals surface area contributed by atoms with Crippen molar-refractivity contribution in [1.29, 1.82) is 0 Å². The number of fused-ring (bicyclic) bond motifs is 1. The van der Waals surface area contributed by atoms with Gasteiger partial charge in [0.05, 0.1) is 16.9 Å². The Hall–Kier alpha value is -2.94. The predicted molar refractivity (Wildman–Crippen MR) is 138 cm³/mol. The zero-order chi connectivity index (χ0) is 26.8. The number of aromatic amines is 1. The molecular formula is C23H23F3N4O4S3. The number of sulfonamides is 1. The van der Waals surface area contributed by atoms with Crippen molar-refractivity contribution in [3.8, 4) is 10.7 Å². The van der Waals surface area contributed by atoms with Gasteiger partial charge in [0.2, 0.25) is 0 Å². The number of benzene rings is 1. The summed E-state index contributed by atoms with van der Waals surface area (Å²) in [7, 11) is -1.99. The number of thiophene rings is 1. The number of likely N-dealkylation sites (tertiary alicyclic amines) is 1. The first-order valence-electron chi connectivity index (χ1n) is 11.1. The van der Waals surface area contributed by atoms with Crippen LogP contribution in [0.1, 0.15) is 17.7 Å². The van der Waals surface area contributed by atoms with Crippen molar-refractivity contribution in [3.63, 3.8) is 0 Å². The normalized spacial score (nSPS) is 14.5. The number of thiazole rings is 1. The highest BCUT2D eigenvalue weighted by Crippen LogP contribution is 2.35. The molecule has 0 saturated carbocycles. The van der Waals surface area contributed by atoms with Crippen LogP contribution in [0.4, 0.5) is 18.9 Å². The number of carboxylic acid groups (broad SMARTS) is 1. The number of aliphatic carboxylic acids is 1. The van der Waals surface area contributed by atoms with E-state index in [0.717, 1.165) is 41.2 Å². The minimum Gasteiger partial charge on any atom is -0.475 e. The van der Waals surface area contributed by atoms with Gasteiger partial charge in [0.15, 0.2) is 0 Å². The van der Waals surface area contributed by atoms with Crippen LogP contribution in [-0.2, 0) is 21.4 Å². The van der Waals surface area contributed by atoms with Gasteiger partial charge in [-0.2, -0.15) is 13.2 Å². The number of nitrogens with one attached hydrogen (secondary N) is 1. The van der Waals surface area contributed by atoms with Gasteiger partial charge in [0, 0.05) is 30.1 Å². The number of hydrogen-bond donors (Lipinski definition) is 2. The maximum atomic E-state index is 13.0. The fourth-order valence-electron chi connectivity index (χ4n) is 3.86. The summed E-state index contributed by atoms with van der Waals surface area (Å²) < 4.78 is 59.4. The Morgan fingerprint density at radius 1 is 1.22 bits per heavy atom. The van der Waals surface area contributed by atoms with E-state index in [1.807, 2.05) is 30.5 Å². The van der Waals surface area contributed by atoms with Crippen LogP contribution in [0.2, 0.25) is 0 Å². The molecule has 0 spiro atoms. The Bertz CT molecular complexity index is 1470. The lowest BCUT2D eigenvalue weighted by molar-refractivity contribution is -0.192. The second-order valence-electron chi connectivity index (χ2n) is 8.25. The number of para-hydroxylation sites is 1. The summed E-state index contributed by atoms with van der Waals surface area (Å²) in [5, 5.41) is 10.8. The Kier molecular flexibility index (Phi) is 7.92. The maximum absolute atomic E-state index is 13.0. The molecule has 4 heterocycles. The third-order valence-electron chi connectivity index (χ3n) is 5.69. The number of aromatic nitrogens is 2. The van der Waals surface area contributed by atoms with Gasteiger partial charge in [-0.25, -0.2) is 18.2 Å². The van der Waals surface area contributed by atoms with Gasteiger partial charge in [-0.15, -0.1) is 22.7 Å². The van der Waals surface area contributed by atoms with Crippen LogP contribution in [0, 0.1) is 0 Å². The monoisotopic (exact) mass is 572 g/mol. The molecule has 0 amide bonds. The van der Waals surface area contributed by atoms with E-state index in [1.165, 1.54) is 33.4 Å². The van der Waals surface area contributed by atoms with E-state index in [-0.39, 0.29) is 0 Å². The molecule has 3 aromatic heterocycles. The van der Waals surface area contributed by atoms with Gasteiger partial charge in [-0.05, 0) is 49.5 Å². The summed E-state index contributed by atoms with van der Waals surface area (Å²) in [6, 6.07) is 11.1. The molecule has 8 nitrogen and oxygen atoms in total. The molecule has 0 aliphatic carbocycles. The van der Waals surface area contributed by atoms with E-state index in [0.29, 0.717) is 9.90 Å². The summed E-state index contributed by atoms with van der Waals surface area (Å²) >= 11 is 2.92. The molecule has 0 bridgehead atoms. The molecule has 1 fully saturated rings. The van der Waals surface area contributed by atoms with E-state index in [4.69, 9.17) is 9.90 Å². The molecular weight excluding hydrogens is 549 g/mol. The molecule has 0 radical (unpaired) electrons. The molecule has 1 aromatic carbocycles. The zero-order valence-corrected chi connectivity index (χ0v) is 22.0. The van der Waals surface area contributed by atoms with Crippen molar-refractivity contribution >= 4 is 55.3 Å².